The molecule has 1 atom stereocenters. The van der Waals surface area contributed by atoms with E-state index >= 15 is 0 Å². The average molecular weight is 285 g/mol. The standard InChI is InChI=1S/C14H23NO5/c1-9(2)8-14(5-3-4-6-14)13(20)15-10(12(18)19)7-11(16)17/h9-10H,3-8H2,1-2H3,(H,15,20)(H,16,17)(H,18,19). The smallest absolute Gasteiger partial charge is 0.326 e. The van der Waals surface area contributed by atoms with E-state index in [1.54, 1.807) is 0 Å². The summed E-state index contributed by atoms with van der Waals surface area (Å²) >= 11 is 0. The first-order valence-corrected chi connectivity index (χ1v) is 7.02. The van der Waals surface area contributed by atoms with E-state index in [0.29, 0.717) is 12.3 Å². The second-order valence-electron chi connectivity index (χ2n) is 6.05. The van der Waals surface area contributed by atoms with Crippen LogP contribution in [0.15, 0.2) is 0 Å². The zero-order valence-electron chi connectivity index (χ0n) is 12.0. The fraction of sp³-hybridized carbons (Fsp3) is 0.786. The van der Waals surface area contributed by atoms with Crippen molar-refractivity contribution in [2.24, 2.45) is 11.3 Å². The van der Waals surface area contributed by atoms with Gasteiger partial charge in [0, 0.05) is 5.41 Å². The summed E-state index contributed by atoms with van der Waals surface area (Å²) in [6, 6.07) is -1.36. The number of nitrogens with one attached hydrogen (secondary N) is 1. The van der Waals surface area contributed by atoms with Gasteiger partial charge in [-0.25, -0.2) is 4.79 Å². The Morgan fingerprint density at radius 1 is 1.15 bits per heavy atom. The topological polar surface area (TPSA) is 104 Å². The summed E-state index contributed by atoms with van der Waals surface area (Å²) in [6.45, 7) is 4.05. The van der Waals surface area contributed by atoms with Gasteiger partial charge >= 0.3 is 11.9 Å². The van der Waals surface area contributed by atoms with Crippen LogP contribution in [0.3, 0.4) is 0 Å². The molecule has 1 aliphatic carbocycles. The summed E-state index contributed by atoms with van der Waals surface area (Å²) in [7, 11) is 0. The van der Waals surface area contributed by atoms with Crippen LogP contribution in [0.2, 0.25) is 0 Å². The van der Waals surface area contributed by atoms with E-state index in [4.69, 9.17) is 10.2 Å². The van der Waals surface area contributed by atoms with E-state index in [1.807, 2.05) is 13.8 Å². The van der Waals surface area contributed by atoms with Gasteiger partial charge in [-0.1, -0.05) is 26.7 Å². The number of carboxylic acid groups (broad SMARTS) is 2. The van der Waals surface area contributed by atoms with Crippen LogP contribution in [-0.4, -0.2) is 34.1 Å². The van der Waals surface area contributed by atoms with Crippen LogP contribution in [0.25, 0.3) is 0 Å². The molecule has 6 heteroatoms. The van der Waals surface area contributed by atoms with Crippen molar-refractivity contribution in [3.8, 4) is 0 Å². The van der Waals surface area contributed by atoms with Crippen molar-refractivity contribution < 1.29 is 24.6 Å². The quantitative estimate of drug-likeness (QED) is 0.659. The normalized spacial score (nSPS) is 18.8. The number of hydrogen-bond donors (Lipinski definition) is 3. The predicted molar refractivity (Wildman–Crippen MR) is 72.2 cm³/mol. The average Bonchev–Trinajstić information content (AvgIpc) is 2.76. The van der Waals surface area contributed by atoms with Crippen LogP contribution in [0.1, 0.15) is 52.4 Å². The summed E-state index contributed by atoms with van der Waals surface area (Å²) in [4.78, 5) is 34.1. The van der Waals surface area contributed by atoms with E-state index in [2.05, 4.69) is 5.32 Å². The SMILES string of the molecule is CC(C)CC1(C(=O)NC(CC(=O)O)C(=O)O)CCCC1. The first-order chi connectivity index (χ1) is 9.27. The van der Waals surface area contributed by atoms with Gasteiger partial charge in [-0.05, 0) is 25.2 Å². The van der Waals surface area contributed by atoms with Crippen LogP contribution < -0.4 is 5.32 Å². The highest BCUT2D eigenvalue weighted by molar-refractivity contribution is 5.89. The Bertz CT molecular complexity index is 385. The maximum Gasteiger partial charge on any atom is 0.326 e. The Labute approximate surface area is 118 Å². The molecule has 1 unspecified atom stereocenters. The zero-order valence-corrected chi connectivity index (χ0v) is 12.0. The molecule has 0 saturated heterocycles. The van der Waals surface area contributed by atoms with Gasteiger partial charge in [0.2, 0.25) is 5.91 Å². The lowest BCUT2D eigenvalue weighted by atomic mass is 9.77. The Morgan fingerprint density at radius 2 is 1.70 bits per heavy atom. The van der Waals surface area contributed by atoms with E-state index in [1.165, 1.54) is 0 Å². The molecule has 0 aromatic carbocycles. The Kier molecular flexibility index (Phi) is 5.53. The highest BCUT2D eigenvalue weighted by Crippen LogP contribution is 2.43. The minimum Gasteiger partial charge on any atom is -0.481 e. The molecule has 1 aliphatic rings. The van der Waals surface area contributed by atoms with Gasteiger partial charge in [0.15, 0.2) is 0 Å². The molecule has 3 N–H and O–H groups in total. The maximum atomic E-state index is 12.4. The van der Waals surface area contributed by atoms with Gasteiger partial charge in [-0.2, -0.15) is 0 Å². The molecule has 0 spiro atoms. The van der Waals surface area contributed by atoms with Gasteiger partial charge < -0.3 is 15.5 Å². The lowest BCUT2D eigenvalue weighted by molar-refractivity contribution is -0.148. The lowest BCUT2D eigenvalue weighted by Gasteiger charge is -2.30. The minimum atomic E-state index is -1.36. The van der Waals surface area contributed by atoms with Crippen molar-refractivity contribution in [2.45, 2.75) is 58.4 Å². The third kappa shape index (κ3) is 4.21. The molecule has 0 bridgehead atoms. The largest absolute Gasteiger partial charge is 0.481 e. The molecule has 0 aliphatic heterocycles. The number of carboxylic acids is 2. The molecular weight excluding hydrogens is 262 g/mol. The van der Waals surface area contributed by atoms with Crippen molar-refractivity contribution >= 4 is 17.8 Å². The molecule has 1 rings (SSSR count). The van der Waals surface area contributed by atoms with Crippen molar-refractivity contribution in [1.29, 1.82) is 0 Å². The summed E-state index contributed by atoms with van der Waals surface area (Å²) < 4.78 is 0. The van der Waals surface area contributed by atoms with Gasteiger partial charge in [0.05, 0.1) is 6.42 Å². The molecule has 20 heavy (non-hydrogen) atoms. The minimum absolute atomic E-state index is 0.308. The highest BCUT2D eigenvalue weighted by atomic mass is 16.4. The monoisotopic (exact) mass is 285 g/mol. The second-order valence-corrected chi connectivity index (χ2v) is 6.05. The van der Waals surface area contributed by atoms with Crippen molar-refractivity contribution in [3.63, 3.8) is 0 Å². The lowest BCUT2D eigenvalue weighted by Crippen LogP contribution is -2.49. The van der Waals surface area contributed by atoms with Gasteiger partial charge in [-0.3, -0.25) is 9.59 Å². The molecule has 0 heterocycles. The molecule has 1 fully saturated rings. The van der Waals surface area contributed by atoms with Crippen LogP contribution in [-0.2, 0) is 14.4 Å². The number of amides is 1. The number of carbonyl (C=O) groups is 3. The van der Waals surface area contributed by atoms with Gasteiger partial charge in [-0.15, -0.1) is 0 Å². The molecule has 0 aromatic heterocycles. The van der Waals surface area contributed by atoms with Crippen LogP contribution >= 0.6 is 0 Å². The zero-order chi connectivity index (χ0) is 15.3. The van der Waals surface area contributed by atoms with E-state index < -0.39 is 29.8 Å². The first kappa shape index (κ1) is 16.5. The predicted octanol–water partition coefficient (Wildman–Crippen LogP) is 1.64. The van der Waals surface area contributed by atoms with Crippen molar-refractivity contribution in [2.75, 3.05) is 0 Å². The summed E-state index contributed by atoms with van der Waals surface area (Å²) in [5, 5.41) is 20.1. The van der Waals surface area contributed by atoms with Gasteiger partial charge in [0.1, 0.15) is 6.04 Å². The Hall–Kier alpha value is -1.59. The molecule has 1 saturated carbocycles. The van der Waals surface area contributed by atoms with Crippen molar-refractivity contribution in [1.82, 2.24) is 5.32 Å². The van der Waals surface area contributed by atoms with E-state index in [9.17, 15) is 14.4 Å². The molecule has 0 aromatic rings. The Morgan fingerprint density at radius 3 is 2.10 bits per heavy atom. The third-order valence-electron chi connectivity index (χ3n) is 3.82. The molecule has 1 amide bonds. The number of carbonyl (C=O) groups excluding carboxylic acids is 1. The van der Waals surface area contributed by atoms with E-state index in [-0.39, 0.29) is 5.91 Å². The third-order valence-corrected chi connectivity index (χ3v) is 3.82. The van der Waals surface area contributed by atoms with E-state index in [0.717, 1.165) is 25.7 Å². The molecule has 0 radical (unpaired) electrons. The van der Waals surface area contributed by atoms with Crippen LogP contribution in [0.4, 0.5) is 0 Å². The fourth-order valence-corrected chi connectivity index (χ4v) is 3.04. The molecule has 6 nitrogen and oxygen atoms in total. The van der Waals surface area contributed by atoms with Crippen molar-refractivity contribution in [3.05, 3.63) is 0 Å². The highest BCUT2D eigenvalue weighted by Gasteiger charge is 2.42. The Balaban J connectivity index is 2.79. The summed E-state index contributed by atoms with van der Waals surface area (Å²) in [6.07, 6.45) is 3.51. The van der Waals surface area contributed by atoms with Gasteiger partial charge in [0.25, 0.3) is 0 Å². The number of hydrogen-bond acceptors (Lipinski definition) is 3. The molecule has 114 valence electrons. The fourth-order valence-electron chi connectivity index (χ4n) is 3.04. The van der Waals surface area contributed by atoms with Crippen LogP contribution in [0.5, 0.6) is 0 Å². The number of aliphatic carboxylic acids is 2. The summed E-state index contributed by atoms with van der Waals surface area (Å²) in [5.74, 6) is -2.51. The maximum absolute atomic E-state index is 12.4. The molecular formula is C14H23NO5. The summed E-state index contributed by atoms with van der Waals surface area (Å²) in [5.41, 5.74) is -0.527. The van der Waals surface area contributed by atoms with Crippen LogP contribution in [0, 0.1) is 11.3 Å². The second kappa shape index (κ2) is 6.72. The first-order valence-electron chi connectivity index (χ1n) is 7.02. The number of rotatable bonds is 7.